The number of nitrogens with two attached hydrogens (primary N) is 1. The number of carbonyl (C=O) groups is 2. The lowest BCUT2D eigenvalue weighted by molar-refractivity contribution is 0.0920. The number of primary amides is 1. The normalized spacial score (nSPS) is 13.6. The number of rotatable bonds is 8. The molecule has 0 radical (unpaired) electrons. The third-order valence-corrected chi connectivity index (χ3v) is 7.93. The van der Waals surface area contributed by atoms with Gasteiger partial charge in [0.25, 0.3) is 17.7 Å². The van der Waals surface area contributed by atoms with Crippen molar-refractivity contribution in [3.05, 3.63) is 125 Å². The molecule has 1 aliphatic carbocycles. The summed E-state index contributed by atoms with van der Waals surface area (Å²) < 4.78 is 25.0. The number of halogens is 1. The van der Waals surface area contributed by atoms with Crippen molar-refractivity contribution in [2.75, 3.05) is 0 Å². The van der Waals surface area contributed by atoms with Gasteiger partial charge in [-0.25, -0.2) is 4.39 Å². The van der Waals surface area contributed by atoms with Crippen molar-refractivity contribution in [3.63, 3.8) is 0 Å². The number of carbonyl (C=O) groups excluding carboxylic acids is 2. The summed E-state index contributed by atoms with van der Waals surface area (Å²) in [6.07, 6.45) is 3.28. The highest BCUT2D eigenvalue weighted by molar-refractivity contribution is 6.07. The SMILES string of the molecule is Cc1ccc(C(=O)NC2(c3nc(-c4ccccn4)no3)CC2)cc1-c1ccc2oc(Cc3ccc(F)cc3)c(C(N)=O)c2c1. The Kier molecular flexibility index (Phi) is 6.54. The maximum Gasteiger partial charge on any atom is 0.252 e. The highest BCUT2D eigenvalue weighted by atomic mass is 19.1. The average molecular weight is 588 g/mol. The molecule has 0 atom stereocenters. The summed E-state index contributed by atoms with van der Waals surface area (Å²) in [6, 6.07) is 22.4. The van der Waals surface area contributed by atoms with Crippen LogP contribution in [0.25, 0.3) is 33.6 Å². The van der Waals surface area contributed by atoms with Crippen LogP contribution in [0.15, 0.2) is 94.0 Å². The first kappa shape index (κ1) is 27.2. The number of aromatic nitrogens is 3. The zero-order valence-electron chi connectivity index (χ0n) is 23.6. The molecular formula is C34H26FN5O4. The van der Waals surface area contributed by atoms with Crippen LogP contribution in [0.1, 0.15) is 56.3 Å². The fraction of sp³-hybridized carbons (Fsp3) is 0.147. The summed E-state index contributed by atoms with van der Waals surface area (Å²) >= 11 is 0. The van der Waals surface area contributed by atoms with E-state index in [0.717, 1.165) is 22.3 Å². The van der Waals surface area contributed by atoms with Gasteiger partial charge in [-0.05, 0) is 90.6 Å². The lowest BCUT2D eigenvalue weighted by atomic mass is 9.95. The van der Waals surface area contributed by atoms with Crippen LogP contribution in [0.5, 0.6) is 0 Å². The highest BCUT2D eigenvalue weighted by Crippen LogP contribution is 2.45. The van der Waals surface area contributed by atoms with Gasteiger partial charge in [-0.15, -0.1) is 0 Å². The molecule has 1 fully saturated rings. The Bertz CT molecular complexity index is 2050. The third kappa shape index (κ3) is 5.00. The number of furan rings is 1. The van der Waals surface area contributed by atoms with Gasteiger partial charge in [0.05, 0.1) is 5.56 Å². The second-order valence-corrected chi connectivity index (χ2v) is 11.0. The van der Waals surface area contributed by atoms with Crippen LogP contribution in [-0.2, 0) is 12.0 Å². The van der Waals surface area contributed by atoms with E-state index in [-0.39, 0.29) is 23.7 Å². The first-order valence-electron chi connectivity index (χ1n) is 14.1. The molecule has 3 aromatic heterocycles. The van der Waals surface area contributed by atoms with Crippen molar-refractivity contribution >= 4 is 22.8 Å². The predicted octanol–water partition coefficient (Wildman–Crippen LogP) is 6.10. The Labute approximate surface area is 250 Å². The molecule has 7 rings (SSSR count). The molecule has 0 bridgehead atoms. The Morgan fingerprint density at radius 2 is 1.84 bits per heavy atom. The number of nitrogens with one attached hydrogen (secondary N) is 1. The van der Waals surface area contributed by atoms with Crippen LogP contribution in [0.4, 0.5) is 4.39 Å². The Morgan fingerprint density at radius 1 is 1.02 bits per heavy atom. The van der Waals surface area contributed by atoms with Crippen LogP contribution < -0.4 is 11.1 Å². The number of benzene rings is 3. The third-order valence-electron chi connectivity index (χ3n) is 7.93. The molecule has 3 N–H and O–H groups in total. The minimum Gasteiger partial charge on any atom is -0.460 e. The molecule has 0 spiro atoms. The summed E-state index contributed by atoms with van der Waals surface area (Å²) in [5, 5.41) is 7.71. The quantitative estimate of drug-likeness (QED) is 0.219. The monoisotopic (exact) mass is 587 g/mol. The number of aryl methyl sites for hydroxylation is 1. The molecule has 3 heterocycles. The van der Waals surface area contributed by atoms with Gasteiger partial charge in [0.2, 0.25) is 5.82 Å². The highest BCUT2D eigenvalue weighted by Gasteiger charge is 2.51. The van der Waals surface area contributed by atoms with E-state index in [1.165, 1.54) is 12.1 Å². The van der Waals surface area contributed by atoms with Crippen LogP contribution in [0, 0.1) is 12.7 Å². The molecule has 1 saturated carbocycles. The van der Waals surface area contributed by atoms with E-state index < -0.39 is 11.4 Å². The van der Waals surface area contributed by atoms with Crippen molar-refractivity contribution in [2.24, 2.45) is 5.73 Å². The van der Waals surface area contributed by atoms with E-state index in [2.05, 4.69) is 20.4 Å². The fourth-order valence-electron chi connectivity index (χ4n) is 5.40. The van der Waals surface area contributed by atoms with Crippen molar-refractivity contribution in [2.45, 2.75) is 31.7 Å². The Balaban J connectivity index is 1.17. The van der Waals surface area contributed by atoms with Crippen LogP contribution in [-0.4, -0.2) is 26.9 Å². The summed E-state index contributed by atoms with van der Waals surface area (Å²) in [6.45, 7) is 1.95. The van der Waals surface area contributed by atoms with E-state index in [4.69, 9.17) is 14.7 Å². The van der Waals surface area contributed by atoms with Crippen molar-refractivity contribution in [3.8, 4) is 22.6 Å². The first-order chi connectivity index (χ1) is 21.3. The van der Waals surface area contributed by atoms with E-state index in [1.807, 2.05) is 37.3 Å². The van der Waals surface area contributed by atoms with Gasteiger partial charge in [-0.1, -0.05) is 35.5 Å². The number of amides is 2. The van der Waals surface area contributed by atoms with Crippen LogP contribution in [0.3, 0.4) is 0 Å². The minimum atomic E-state index is -0.727. The van der Waals surface area contributed by atoms with E-state index >= 15 is 0 Å². The molecule has 218 valence electrons. The number of hydrogen-bond acceptors (Lipinski definition) is 7. The Morgan fingerprint density at radius 3 is 2.57 bits per heavy atom. The van der Waals surface area contributed by atoms with Gasteiger partial charge in [0.1, 0.15) is 28.4 Å². The van der Waals surface area contributed by atoms with Gasteiger partial charge in [0, 0.05) is 23.6 Å². The summed E-state index contributed by atoms with van der Waals surface area (Å²) in [7, 11) is 0. The van der Waals surface area contributed by atoms with Gasteiger partial charge >= 0.3 is 0 Å². The molecule has 44 heavy (non-hydrogen) atoms. The van der Waals surface area contributed by atoms with Crippen molar-refractivity contribution in [1.29, 1.82) is 0 Å². The molecule has 3 aromatic carbocycles. The van der Waals surface area contributed by atoms with Crippen molar-refractivity contribution < 1.29 is 22.9 Å². The van der Waals surface area contributed by atoms with Gasteiger partial charge in [-0.2, -0.15) is 4.98 Å². The first-order valence-corrected chi connectivity index (χ1v) is 14.1. The number of nitrogens with zero attached hydrogens (tertiary/aromatic N) is 3. The molecule has 0 saturated heterocycles. The fourth-order valence-corrected chi connectivity index (χ4v) is 5.40. The molecule has 10 heteroatoms. The zero-order valence-corrected chi connectivity index (χ0v) is 23.6. The molecular weight excluding hydrogens is 561 g/mol. The molecule has 9 nitrogen and oxygen atoms in total. The number of hydrogen-bond donors (Lipinski definition) is 2. The Hall–Kier alpha value is -5.64. The molecule has 0 unspecified atom stereocenters. The number of pyridine rings is 1. The smallest absolute Gasteiger partial charge is 0.252 e. The summed E-state index contributed by atoms with van der Waals surface area (Å²) in [5.41, 5.74) is 10.2. The van der Waals surface area contributed by atoms with Gasteiger partial charge < -0.3 is 20.0 Å². The largest absolute Gasteiger partial charge is 0.460 e. The lowest BCUT2D eigenvalue weighted by Crippen LogP contribution is -2.35. The lowest BCUT2D eigenvalue weighted by Gasteiger charge is -2.14. The standard InChI is InChI=1S/C34H26FN5O4/c1-19-5-8-22(32(42)39-34(13-14-34)33-38-31(40-44-33)26-4-2-3-15-37-26)18-24(19)21-9-12-27-25(17-21)29(30(36)41)28(43-27)16-20-6-10-23(35)11-7-20/h2-12,15,17-18H,13-14,16H2,1H3,(H2,36,41)(H,39,42). The second-order valence-electron chi connectivity index (χ2n) is 11.0. The maximum absolute atomic E-state index is 13.5. The molecule has 2 amide bonds. The zero-order chi connectivity index (χ0) is 30.4. The maximum atomic E-state index is 13.5. The van der Waals surface area contributed by atoms with Gasteiger partial charge in [-0.3, -0.25) is 14.6 Å². The second kappa shape index (κ2) is 10.6. The van der Waals surface area contributed by atoms with E-state index in [1.54, 1.807) is 42.6 Å². The van der Waals surface area contributed by atoms with Crippen LogP contribution in [0.2, 0.25) is 0 Å². The number of fused-ring (bicyclic) bond motifs is 1. The van der Waals surface area contributed by atoms with Gasteiger partial charge in [0.15, 0.2) is 0 Å². The van der Waals surface area contributed by atoms with Crippen LogP contribution >= 0.6 is 0 Å². The summed E-state index contributed by atoms with van der Waals surface area (Å²) in [5.74, 6) is -0.122. The average Bonchev–Trinajstić information content (AvgIpc) is 3.46. The summed E-state index contributed by atoms with van der Waals surface area (Å²) in [4.78, 5) is 34.8. The molecule has 6 aromatic rings. The minimum absolute atomic E-state index is 0.273. The van der Waals surface area contributed by atoms with E-state index in [0.29, 0.717) is 52.5 Å². The van der Waals surface area contributed by atoms with Crippen molar-refractivity contribution in [1.82, 2.24) is 20.4 Å². The molecule has 1 aliphatic rings. The van der Waals surface area contributed by atoms with E-state index in [9.17, 15) is 14.0 Å². The topological polar surface area (TPSA) is 137 Å². The molecule has 0 aliphatic heterocycles. The predicted molar refractivity (Wildman–Crippen MR) is 160 cm³/mol.